The Morgan fingerprint density at radius 2 is 1.24 bits per heavy atom. The van der Waals surface area contributed by atoms with Crippen LogP contribution in [-0.2, 0) is 24.4 Å². The van der Waals surface area contributed by atoms with Crippen LogP contribution in [0.4, 0.5) is 0 Å². The molecule has 4 rings (SSSR count). The molecule has 178 valence electrons. The maximum Gasteiger partial charge on any atom is 0.338 e. The number of guanidine groups is 1. The van der Waals surface area contributed by atoms with Crippen LogP contribution in [0.1, 0.15) is 43.0 Å². The summed E-state index contributed by atoms with van der Waals surface area (Å²) in [7, 11) is -5.56. The van der Waals surface area contributed by atoms with Crippen LogP contribution >= 0.6 is 0 Å². The lowest BCUT2D eigenvalue weighted by atomic mass is 10.0. The molecule has 1 amide bonds. The number of aliphatic imine (C=N–C) groups is 1. The number of fused-ring (bicyclic) bond motifs is 2. The molecule has 0 saturated carbocycles. The number of carbonyl (C=O) groups excluding carboxylic acids is 2. The fourth-order valence-electron chi connectivity index (χ4n) is 3.38. The number of carbonyl (C=O) groups is 2. The van der Waals surface area contributed by atoms with Gasteiger partial charge in [-0.15, -0.1) is 0 Å². The van der Waals surface area contributed by atoms with Crippen molar-refractivity contribution in [1.82, 2.24) is 0 Å². The first-order valence-electron chi connectivity index (χ1n) is 9.64. The molecule has 10 nitrogen and oxygen atoms in total. The lowest BCUT2D eigenvalue weighted by Gasteiger charge is -2.06. The maximum atomic E-state index is 11.7. The Labute approximate surface area is 196 Å². The first-order valence-corrected chi connectivity index (χ1v) is 12.7. The first-order chi connectivity index (χ1) is 15.8. The van der Waals surface area contributed by atoms with E-state index < -0.39 is 31.6 Å². The summed E-state index contributed by atoms with van der Waals surface area (Å²) >= 11 is 0. The molecule has 0 bridgehead atoms. The number of hydrogen-bond acceptors (Lipinski definition) is 7. The van der Waals surface area contributed by atoms with E-state index in [-0.39, 0.29) is 26.9 Å². The second-order valence-electron chi connectivity index (χ2n) is 7.44. The van der Waals surface area contributed by atoms with Crippen molar-refractivity contribution in [2.45, 2.75) is 23.6 Å². The van der Waals surface area contributed by atoms with Gasteiger partial charge >= 0.3 is 5.97 Å². The standard InChI is InChI=1S/C11H11N3O3S.C11H10O4S/c1-6-4-7-2-3-18(16,17)9(7)5-8(6)10(15)14-11(12)13;1-7-5-8-3-4-16(13,14)10(8)6-9(7)11(12)15-2/h2-5H,1H3,(H4,12,13,14,15);3-6H,1-2H3. The highest BCUT2D eigenvalue weighted by Gasteiger charge is 2.25. The van der Waals surface area contributed by atoms with Crippen LogP contribution in [0.15, 0.2) is 49.9 Å². The highest BCUT2D eigenvalue weighted by Crippen LogP contribution is 2.30. The molecule has 4 N–H and O–H groups in total. The van der Waals surface area contributed by atoms with Crippen molar-refractivity contribution in [2.24, 2.45) is 16.5 Å². The predicted molar refractivity (Wildman–Crippen MR) is 126 cm³/mol. The SMILES string of the molecule is COC(=O)c1cc2c(cc1C)C=CS2(=O)=O.Cc1cc2c(cc1C(=O)N=C(N)N)S(=O)(=O)C=C2. The lowest BCUT2D eigenvalue weighted by Crippen LogP contribution is -2.24. The third-order valence-corrected chi connectivity index (χ3v) is 7.97. The van der Waals surface area contributed by atoms with Crippen LogP contribution in [-0.4, -0.2) is 41.8 Å². The Hall–Kier alpha value is -3.77. The average Bonchev–Trinajstić information content (AvgIpc) is 3.20. The minimum absolute atomic E-state index is 0.0993. The molecule has 2 aliphatic rings. The Kier molecular flexibility index (Phi) is 6.49. The summed E-state index contributed by atoms with van der Waals surface area (Å²) in [6.45, 7) is 3.43. The molecule has 2 heterocycles. The van der Waals surface area contributed by atoms with E-state index >= 15 is 0 Å². The van der Waals surface area contributed by atoms with Gasteiger partial charge in [0.05, 0.1) is 22.5 Å². The zero-order valence-corrected chi connectivity index (χ0v) is 20.0. The smallest absolute Gasteiger partial charge is 0.338 e. The number of nitrogens with two attached hydrogens (primary N) is 2. The van der Waals surface area contributed by atoms with Gasteiger partial charge in [0.25, 0.3) is 5.91 Å². The van der Waals surface area contributed by atoms with Crippen molar-refractivity contribution < 1.29 is 31.2 Å². The molecule has 0 spiro atoms. The number of methoxy groups -OCH3 is 1. The first kappa shape index (κ1) is 24.9. The molecular formula is C22H21N3O7S2. The zero-order chi connectivity index (χ0) is 25.4. The van der Waals surface area contributed by atoms with E-state index in [4.69, 9.17) is 11.5 Å². The topological polar surface area (TPSA) is 176 Å². The van der Waals surface area contributed by atoms with Crippen molar-refractivity contribution in [1.29, 1.82) is 0 Å². The minimum Gasteiger partial charge on any atom is -0.465 e. The van der Waals surface area contributed by atoms with Crippen LogP contribution in [0.3, 0.4) is 0 Å². The lowest BCUT2D eigenvalue weighted by molar-refractivity contribution is 0.0599. The van der Waals surface area contributed by atoms with E-state index in [9.17, 15) is 26.4 Å². The van der Waals surface area contributed by atoms with Gasteiger partial charge in [0.15, 0.2) is 25.6 Å². The number of amides is 1. The summed E-state index contributed by atoms with van der Waals surface area (Å²) in [6.07, 6.45) is 3.02. The largest absolute Gasteiger partial charge is 0.465 e. The van der Waals surface area contributed by atoms with Crippen molar-refractivity contribution in [3.63, 3.8) is 0 Å². The zero-order valence-electron chi connectivity index (χ0n) is 18.4. The van der Waals surface area contributed by atoms with E-state index in [1.165, 1.54) is 31.4 Å². The number of benzene rings is 2. The van der Waals surface area contributed by atoms with E-state index in [0.29, 0.717) is 22.3 Å². The van der Waals surface area contributed by atoms with Crippen LogP contribution in [0.25, 0.3) is 12.2 Å². The number of rotatable bonds is 2. The van der Waals surface area contributed by atoms with Crippen LogP contribution in [0.2, 0.25) is 0 Å². The van der Waals surface area contributed by atoms with E-state index in [1.54, 1.807) is 26.0 Å². The molecule has 0 saturated heterocycles. The Morgan fingerprint density at radius 1 is 0.794 bits per heavy atom. The predicted octanol–water partition coefficient (Wildman–Crippen LogP) is 1.71. The molecule has 2 aromatic carbocycles. The van der Waals surface area contributed by atoms with Gasteiger partial charge in [0.2, 0.25) is 0 Å². The normalized spacial score (nSPS) is 15.5. The third-order valence-electron chi connectivity index (χ3n) is 5.05. The minimum atomic E-state index is -3.45. The van der Waals surface area contributed by atoms with Gasteiger partial charge in [-0.3, -0.25) is 4.79 Å². The fourth-order valence-corrected chi connectivity index (χ4v) is 5.80. The molecule has 0 fully saturated rings. The van der Waals surface area contributed by atoms with Gasteiger partial charge in [-0.25, -0.2) is 21.6 Å². The van der Waals surface area contributed by atoms with Gasteiger partial charge in [0, 0.05) is 16.4 Å². The maximum absolute atomic E-state index is 11.7. The molecule has 0 atom stereocenters. The van der Waals surface area contributed by atoms with Crippen LogP contribution in [0.5, 0.6) is 0 Å². The van der Waals surface area contributed by atoms with Crippen molar-refractivity contribution in [3.8, 4) is 0 Å². The summed E-state index contributed by atoms with van der Waals surface area (Å²) in [5.41, 5.74) is 13.2. The highest BCUT2D eigenvalue weighted by molar-refractivity contribution is 7.95. The Morgan fingerprint density at radius 3 is 1.68 bits per heavy atom. The molecule has 0 aromatic heterocycles. The number of esters is 1. The number of ether oxygens (including phenoxy) is 1. The quantitative estimate of drug-likeness (QED) is 0.351. The van der Waals surface area contributed by atoms with Gasteiger partial charge in [0.1, 0.15) is 0 Å². The molecule has 0 unspecified atom stereocenters. The molecule has 0 aliphatic carbocycles. The van der Waals surface area contributed by atoms with Gasteiger partial charge in [-0.05, 0) is 72.5 Å². The summed E-state index contributed by atoms with van der Waals surface area (Å²) in [5, 5.41) is 2.24. The number of hydrogen-bond donors (Lipinski definition) is 2. The van der Waals surface area contributed by atoms with E-state index in [2.05, 4.69) is 9.73 Å². The van der Waals surface area contributed by atoms with Crippen molar-refractivity contribution >= 4 is 49.7 Å². The van der Waals surface area contributed by atoms with E-state index in [1.807, 2.05) is 0 Å². The molecule has 0 radical (unpaired) electrons. The summed E-state index contributed by atoms with van der Waals surface area (Å²) in [5.74, 6) is -1.54. The third kappa shape index (κ3) is 4.77. The van der Waals surface area contributed by atoms with Gasteiger partial charge in [-0.1, -0.05) is 0 Å². The highest BCUT2D eigenvalue weighted by atomic mass is 32.2. The molecule has 34 heavy (non-hydrogen) atoms. The molecule has 2 aliphatic heterocycles. The van der Waals surface area contributed by atoms with Crippen LogP contribution < -0.4 is 11.5 Å². The van der Waals surface area contributed by atoms with Crippen molar-refractivity contribution in [2.75, 3.05) is 7.11 Å². The monoisotopic (exact) mass is 503 g/mol. The second-order valence-corrected chi connectivity index (χ2v) is 11.0. The van der Waals surface area contributed by atoms with Gasteiger partial charge < -0.3 is 16.2 Å². The molecule has 12 heteroatoms. The summed E-state index contributed by atoms with van der Waals surface area (Å²) < 4.78 is 51.1. The molecular weight excluding hydrogens is 482 g/mol. The number of aryl methyl sites for hydroxylation is 2. The summed E-state index contributed by atoms with van der Waals surface area (Å²) in [4.78, 5) is 26.8. The van der Waals surface area contributed by atoms with Crippen molar-refractivity contribution in [3.05, 3.63) is 68.5 Å². The Bertz CT molecular complexity index is 1530. The van der Waals surface area contributed by atoms with E-state index in [0.717, 1.165) is 10.8 Å². The Balaban J connectivity index is 0.000000192. The second kappa shape index (κ2) is 8.88. The summed E-state index contributed by atoms with van der Waals surface area (Å²) in [6, 6.07) is 5.95. The average molecular weight is 504 g/mol. The number of sulfone groups is 2. The van der Waals surface area contributed by atoms with Crippen LogP contribution in [0, 0.1) is 13.8 Å². The fraction of sp³-hybridized carbons (Fsp3) is 0.136. The number of nitrogens with zero attached hydrogens (tertiary/aromatic N) is 1. The molecule has 2 aromatic rings. The van der Waals surface area contributed by atoms with Gasteiger partial charge in [-0.2, -0.15) is 4.99 Å².